The molecule has 1 radical (unpaired) electrons. The molecule has 0 aliphatic rings. The van der Waals surface area contributed by atoms with Gasteiger partial charge in [0.05, 0.1) is 36.2 Å². The van der Waals surface area contributed by atoms with Crippen molar-refractivity contribution in [2.75, 3.05) is 0 Å². The monoisotopic (exact) mass is 918 g/mol. The molecule has 0 aliphatic heterocycles. The van der Waals surface area contributed by atoms with Crippen LogP contribution in [-0.4, -0.2) is 22.6 Å². The standard InChI is InChI=1S/C35H21N2O.C15H18NSi.Ir/c1-2-11-23(12-3-1)26-22-21-24-13-4-5-14-25(24)33(26)37-31-19-8-7-18-30(31)36-35(37)29-17-10-16-28-27-15-6-9-20-32(27)38-34(28)29;1-12-10-14(13-8-6-5-7-9-13)16-11-15(12)17(2,3)4;/h1-16,18-22H;5-8,10-11H,1-4H3;/q2*-1;. The van der Waals surface area contributed by atoms with E-state index < -0.39 is 8.07 Å². The average molecular weight is 918 g/mol. The molecule has 6 heteroatoms. The third-order valence-corrected chi connectivity index (χ3v) is 12.4. The van der Waals surface area contributed by atoms with Crippen molar-refractivity contribution in [3.05, 3.63) is 182 Å². The molecule has 3 heterocycles. The molecule has 0 fully saturated rings. The third kappa shape index (κ3) is 6.81. The quantitative estimate of drug-likeness (QED) is 0.128. The van der Waals surface area contributed by atoms with Gasteiger partial charge in [-0.15, -0.1) is 54.1 Å². The number of nitrogens with zero attached hydrogens (tertiary/aromatic N) is 3. The third-order valence-electron chi connectivity index (χ3n) is 10.2. The van der Waals surface area contributed by atoms with Crippen molar-refractivity contribution in [3.8, 4) is 39.5 Å². The van der Waals surface area contributed by atoms with Crippen LogP contribution in [-0.2, 0) is 20.1 Å². The Morgan fingerprint density at radius 3 is 2.18 bits per heavy atom. The van der Waals surface area contributed by atoms with E-state index in [1.165, 1.54) is 16.1 Å². The minimum absolute atomic E-state index is 0. The van der Waals surface area contributed by atoms with E-state index >= 15 is 0 Å². The van der Waals surface area contributed by atoms with Gasteiger partial charge in [-0.05, 0) is 47.0 Å². The van der Waals surface area contributed by atoms with Gasteiger partial charge in [0, 0.05) is 42.6 Å². The molecule has 0 amide bonds. The fraction of sp³-hybridized carbons (Fsp3) is 0.0800. The van der Waals surface area contributed by atoms with Crippen LogP contribution >= 0.6 is 0 Å². The van der Waals surface area contributed by atoms with Gasteiger partial charge in [0.1, 0.15) is 5.58 Å². The van der Waals surface area contributed by atoms with Gasteiger partial charge in [-0.2, -0.15) is 0 Å². The zero-order valence-electron chi connectivity index (χ0n) is 31.7. The summed E-state index contributed by atoms with van der Waals surface area (Å²) in [6.07, 6.45) is 2.05. The maximum absolute atomic E-state index is 6.44. The second kappa shape index (κ2) is 15.3. The smallest absolute Gasteiger partial charge is 0.120 e. The van der Waals surface area contributed by atoms with E-state index in [-0.39, 0.29) is 20.1 Å². The molecular weight excluding hydrogens is 879 g/mol. The Morgan fingerprint density at radius 2 is 1.39 bits per heavy atom. The largest absolute Gasteiger partial charge is 0.501 e. The van der Waals surface area contributed by atoms with Gasteiger partial charge in [0.25, 0.3) is 0 Å². The van der Waals surface area contributed by atoms with Crippen LogP contribution < -0.4 is 5.19 Å². The van der Waals surface area contributed by atoms with E-state index in [1.54, 1.807) is 0 Å². The summed E-state index contributed by atoms with van der Waals surface area (Å²) >= 11 is 0. The molecule has 0 saturated carbocycles. The zero-order chi connectivity index (χ0) is 37.5. The average Bonchev–Trinajstić information content (AvgIpc) is 3.80. The van der Waals surface area contributed by atoms with Crippen LogP contribution in [0.5, 0.6) is 0 Å². The first-order valence-corrected chi connectivity index (χ1v) is 22.2. The number of furan rings is 1. The van der Waals surface area contributed by atoms with E-state index in [9.17, 15) is 0 Å². The normalized spacial score (nSPS) is 11.4. The van der Waals surface area contributed by atoms with Gasteiger partial charge in [-0.25, -0.2) is 0 Å². The summed E-state index contributed by atoms with van der Waals surface area (Å²) in [4.78, 5) is 9.77. The van der Waals surface area contributed by atoms with Crippen molar-refractivity contribution in [1.82, 2.24) is 14.5 Å². The number of pyridine rings is 1. The molecule has 3 aromatic heterocycles. The molecule has 0 N–H and O–H groups in total. The van der Waals surface area contributed by atoms with Gasteiger partial charge < -0.3 is 14.0 Å². The van der Waals surface area contributed by atoms with E-state index in [0.29, 0.717) is 0 Å². The van der Waals surface area contributed by atoms with Crippen LogP contribution in [0.1, 0.15) is 5.56 Å². The van der Waals surface area contributed by atoms with Gasteiger partial charge >= 0.3 is 0 Å². The summed E-state index contributed by atoms with van der Waals surface area (Å²) in [6.45, 7) is 9.24. The van der Waals surface area contributed by atoms with E-state index in [4.69, 9.17) is 9.40 Å². The van der Waals surface area contributed by atoms with Crippen molar-refractivity contribution in [3.63, 3.8) is 0 Å². The molecular formula is C50H39IrN3OSi-2. The SMILES string of the molecule is Cc1cc(-c2[c-]cccc2)ncc1[Si](C)(C)C.[Ir].[c-]1ccc2c(oc3ccccc32)c1-c1nc2ccccc2n1-c1c(-c2ccccc2)ccc2ccccc12. The topological polar surface area (TPSA) is 43.9 Å². The van der Waals surface area contributed by atoms with Gasteiger partial charge in [-0.3, -0.25) is 4.98 Å². The Hall–Kier alpha value is -5.91. The summed E-state index contributed by atoms with van der Waals surface area (Å²) in [5, 5.41) is 5.94. The first-order valence-electron chi connectivity index (χ1n) is 18.7. The first-order chi connectivity index (χ1) is 26.8. The summed E-state index contributed by atoms with van der Waals surface area (Å²) in [5.41, 5.74) is 11.3. The molecule has 0 aliphatic carbocycles. The van der Waals surface area contributed by atoms with Crippen molar-refractivity contribution >= 4 is 57.0 Å². The Morgan fingerprint density at radius 1 is 0.661 bits per heavy atom. The number of hydrogen-bond donors (Lipinski definition) is 0. The number of benzene rings is 7. The molecule has 10 aromatic rings. The summed E-state index contributed by atoms with van der Waals surface area (Å²) in [7, 11) is -1.27. The van der Waals surface area contributed by atoms with E-state index in [0.717, 1.165) is 77.8 Å². The minimum Gasteiger partial charge on any atom is -0.501 e. The molecule has 0 atom stereocenters. The summed E-state index contributed by atoms with van der Waals surface area (Å²) in [5.74, 6) is 0.810. The van der Waals surface area contributed by atoms with Crippen LogP contribution in [0.2, 0.25) is 19.6 Å². The molecule has 0 bridgehead atoms. The Kier molecular flexibility index (Phi) is 10.1. The van der Waals surface area contributed by atoms with Crippen molar-refractivity contribution in [1.29, 1.82) is 0 Å². The van der Waals surface area contributed by atoms with Crippen molar-refractivity contribution in [2.24, 2.45) is 0 Å². The number of rotatable bonds is 5. The van der Waals surface area contributed by atoms with Crippen molar-refractivity contribution < 1.29 is 24.5 Å². The minimum atomic E-state index is -1.27. The van der Waals surface area contributed by atoms with Gasteiger partial charge in [0.15, 0.2) is 0 Å². The first kappa shape index (κ1) is 37.0. The predicted molar refractivity (Wildman–Crippen MR) is 232 cm³/mol. The Bertz CT molecular complexity index is 2980. The van der Waals surface area contributed by atoms with Crippen LogP contribution in [0.4, 0.5) is 0 Å². The number of fused-ring (bicyclic) bond motifs is 5. The van der Waals surface area contributed by atoms with Crippen LogP contribution in [0.15, 0.2) is 168 Å². The van der Waals surface area contributed by atoms with E-state index in [1.807, 2.05) is 48.5 Å². The van der Waals surface area contributed by atoms with Crippen molar-refractivity contribution in [2.45, 2.75) is 26.6 Å². The number of hydrogen-bond acceptors (Lipinski definition) is 3. The number of imidazole rings is 1. The molecule has 275 valence electrons. The van der Waals surface area contributed by atoms with Crippen LogP contribution in [0.25, 0.3) is 83.2 Å². The maximum Gasteiger partial charge on any atom is 0.120 e. The van der Waals surface area contributed by atoms with Gasteiger partial charge in [0.2, 0.25) is 0 Å². The predicted octanol–water partition coefficient (Wildman–Crippen LogP) is 12.6. The van der Waals surface area contributed by atoms with E-state index in [2.05, 4.69) is 164 Å². The molecule has 56 heavy (non-hydrogen) atoms. The molecule has 0 spiro atoms. The summed E-state index contributed by atoms with van der Waals surface area (Å²) in [6, 6.07) is 60.9. The van der Waals surface area contributed by atoms with Gasteiger partial charge in [-0.1, -0.05) is 139 Å². The second-order valence-corrected chi connectivity index (χ2v) is 20.0. The summed E-state index contributed by atoms with van der Waals surface area (Å²) < 4.78 is 8.73. The van der Waals surface area contributed by atoms with Crippen LogP contribution in [0, 0.1) is 19.1 Å². The zero-order valence-corrected chi connectivity index (χ0v) is 35.1. The Labute approximate surface area is 341 Å². The Balaban J connectivity index is 0.000000207. The molecule has 0 saturated heterocycles. The molecule has 4 nitrogen and oxygen atoms in total. The van der Waals surface area contributed by atoms with Crippen LogP contribution in [0.3, 0.4) is 0 Å². The number of para-hydroxylation sites is 3. The molecule has 10 rings (SSSR count). The molecule has 0 unspecified atom stereocenters. The fourth-order valence-corrected chi connectivity index (χ4v) is 9.37. The molecule has 7 aromatic carbocycles. The second-order valence-electron chi connectivity index (χ2n) is 14.9. The fourth-order valence-electron chi connectivity index (χ4n) is 7.66. The number of aryl methyl sites for hydroxylation is 1. The maximum atomic E-state index is 6.44. The number of aromatic nitrogens is 3.